The average molecular weight is 271 g/mol. The van der Waals surface area contributed by atoms with Crippen LogP contribution in [0.3, 0.4) is 0 Å². The highest BCUT2D eigenvalue weighted by Crippen LogP contribution is 2.22. The molecule has 1 unspecified atom stereocenters. The lowest BCUT2D eigenvalue weighted by Gasteiger charge is -2.27. The van der Waals surface area contributed by atoms with Crippen LogP contribution in [0.5, 0.6) is 0 Å². The van der Waals surface area contributed by atoms with Crippen molar-refractivity contribution in [3.8, 4) is 0 Å². The van der Waals surface area contributed by atoms with Crippen LogP contribution < -0.4 is 5.32 Å². The fourth-order valence-corrected chi connectivity index (χ4v) is 2.75. The minimum atomic E-state index is -0.782. The van der Waals surface area contributed by atoms with E-state index in [1.807, 2.05) is 26.4 Å². The van der Waals surface area contributed by atoms with Crippen LogP contribution >= 0.6 is 11.8 Å². The van der Waals surface area contributed by atoms with E-state index in [1.165, 1.54) is 0 Å². The fraction of sp³-hybridized carbons (Fsp3) is 0.667. The fourth-order valence-electron chi connectivity index (χ4n) is 1.88. The summed E-state index contributed by atoms with van der Waals surface area (Å²) in [5.74, 6) is 0.140. The number of nitrogens with zero attached hydrogens (tertiary/aromatic N) is 2. The summed E-state index contributed by atoms with van der Waals surface area (Å²) >= 11 is 1.71. The van der Waals surface area contributed by atoms with Gasteiger partial charge in [0.15, 0.2) is 0 Å². The van der Waals surface area contributed by atoms with Crippen molar-refractivity contribution < 1.29 is 9.90 Å². The van der Waals surface area contributed by atoms with Gasteiger partial charge in [-0.05, 0) is 32.1 Å². The average Bonchev–Trinajstić information content (AvgIpc) is 2.75. The molecule has 0 radical (unpaired) electrons. The Balaban J connectivity index is 2.38. The van der Waals surface area contributed by atoms with E-state index < -0.39 is 11.5 Å². The predicted molar refractivity (Wildman–Crippen MR) is 72.9 cm³/mol. The molecule has 1 aromatic heterocycles. The molecule has 2 N–H and O–H groups in total. The molecule has 0 aliphatic heterocycles. The maximum absolute atomic E-state index is 11.3. The molecule has 0 amide bonds. The van der Waals surface area contributed by atoms with Gasteiger partial charge in [0.2, 0.25) is 0 Å². The zero-order chi connectivity index (χ0) is 13.6. The third kappa shape index (κ3) is 3.74. The summed E-state index contributed by atoms with van der Waals surface area (Å²) in [5.41, 5.74) is -0.782. The van der Waals surface area contributed by atoms with Gasteiger partial charge in [0.05, 0.1) is 6.20 Å². The van der Waals surface area contributed by atoms with Crippen molar-refractivity contribution >= 4 is 17.7 Å². The van der Waals surface area contributed by atoms with Crippen LogP contribution in [0.2, 0.25) is 0 Å². The summed E-state index contributed by atoms with van der Waals surface area (Å²) < 4.78 is 1.77. The molecule has 102 valence electrons. The van der Waals surface area contributed by atoms with Gasteiger partial charge < -0.3 is 10.4 Å². The Hall–Kier alpha value is -1.01. The topological polar surface area (TPSA) is 67.2 Å². The first-order valence-electron chi connectivity index (χ1n) is 6.08. The molecule has 0 aromatic carbocycles. The Kier molecular flexibility index (Phi) is 5.68. The van der Waals surface area contributed by atoms with Crippen molar-refractivity contribution in [1.29, 1.82) is 0 Å². The molecule has 0 fully saturated rings. The smallest absolute Gasteiger partial charge is 0.323 e. The highest BCUT2D eigenvalue weighted by Gasteiger charge is 2.33. The van der Waals surface area contributed by atoms with E-state index in [1.54, 1.807) is 23.5 Å². The van der Waals surface area contributed by atoms with Gasteiger partial charge >= 0.3 is 5.97 Å². The van der Waals surface area contributed by atoms with Gasteiger partial charge in [0.25, 0.3) is 0 Å². The molecular weight excluding hydrogens is 250 g/mol. The molecule has 0 saturated carbocycles. The minimum absolute atomic E-state index is 0.594. The number of hydrogen-bond donors (Lipinski definition) is 2. The zero-order valence-corrected chi connectivity index (χ0v) is 12.0. The third-order valence-corrected chi connectivity index (χ3v) is 4.23. The maximum Gasteiger partial charge on any atom is 0.323 e. The van der Waals surface area contributed by atoms with Gasteiger partial charge in [-0.2, -0.15) is 5.10 Å². The van der Waals surface area contributed by atoms with E-state index in [0.29, 0.717) is 12.8 Å². The molecule has 1 rings (SSSR count). The predicted octanol–water partition coefficient (Wildman–Crippen LogP) is 1.75. The quantitative estimate of drug-likeness (QED) is 0.557. The summed E-state index contributed by atoms with van der Waals surface area (Å²) in [4.78, 5) is 12.4. The third-order valence-electron chi connectivity index (χ3n) is 3.19. The molecule has 0 bridgehead atoms. The summed E-state index contributed by atoms with van der Waals surface area (Å²) in [7, 11) is 3.60. The highest BCUT2D eigenvalue weighted by molar-refractivity contribution is 7.99. The number of aryl methyl sites for hydroxylation is 1. The van der Waals surface area contributed by atoms with Crippen LogP contribution in [0, 0.1) is 0 Å². The van der Waals surface area contributed by atoms with Crippen molar-refractivity contribution in [1.82, 2.24) is 15.1 Å². The number of carboxylic acids is 1. The lowest BCUT2D eigenvalue weighted by Crippen LogP contribution is -2.49. The van der Waals surface area contributed by atoms with Gasteiger partial charge in [0.1, 0.15) is 5.54 Å². The number of hydrogen-bond acceptors (Lipinski definition) is 4. The molecule has 1 heterocycles. The highest BCUT2D eigenvalue weighted by atomic mass is 32.2. The molecule has 1 aromatic rings. The summed E-state index contributed by atoms with van der Waals surface area (Å²) in [6.07, 6.45) is 5.89. The Morgan fingerprint density at radius 2 is 2.39 bits per heavy atom. The van der Waals surface area contributed by atoms with E-state index >= 15 is 0 Å². The number of thioether (sulfide) groups is 1. The lowest BCUT2D eigenvalue weighted by molar-refractivity contribution is -0.145. The summed E-state index contributed by atoms with van der Waals surface area (Å²) in [5, 5.41) is 16.3. The molecule has 18 heavy (non-hydrogen) atoms. The number of carbonyl (C=O) groups is 1. The van der Waals surface area contributed by atoms with Crippen molar-refractivity contribution in [2.75, 3.05) is 12.8 Å². The second-order valence-electron chi connectivity index (χ2n) is 4.29. The molecule has 1 atom stereocenters. The maximum atomic E-state index is 11.3. The summed E-state index contributed by atoms with van der Waals surface area (Å²) in [6, 6.07) is 0. The standard InChI is InChI=1S/C12H21N3O2S/c1-4-12(13-2,11(16)17)6-5-7-18-10-8-14-15(3)9-10/h8-9,13H,4-7H2,1-3H3,(H,16,17). The number of likely N-dealkylation sites (N-methyl/N-ethyl adjacent to an activating group) is 1. The molecule has 5 nitrogen and oxygen atoms in total. The first-order chi connectivity index (χ1) is 8.54. The number of nitrogens with one attached hydrogen (secondary N) is 1. The second-order valence-corrected chi connectivity index (χ2v) is 5.46. The Bertz CT molecular complexity index is 388. The number of aromatic nitrogens is 2. The zero-order valence-electron chi connectivity index (χ0n) is 11.1. The molecule has 0 saturated heterocycles. The van der Waals surface area contributed by atoms with E-state index in [9.17, 15) is 9.90 Å². The van der Waals surface area contributed by atoms with Crippen LogP contribution in [0.25, 0.3) is 0 Å². The van der Waals surface area contributed by atoms with Gasteiger partial charge in [-0.15, -0.1) is 11.8 Å². The second kappa shape index (κ2) is 6.80. The van der Waals surface area contributed by atoms with Crippen molar-refractivity contribution in [3.05, 3.63) is 12.4 Å². The molecular formula is C12H21N3O2S. The van der Waals surface area contributed by atoms with Crippen molar-refractivity contribution in [2.45, 2.75) is 36.6 Å². The van der Waals surface area contributed by atoms with Gasteiger partial charge in [-0.1, -0.05) is 6.92 Å². The number of rotatable bonds is 8. The number of carboxylic acid groups (broad SMARTS) is 1. The van der Waals surface area contributed by atoms with Crippen LogP contribution in [-0.4, -0.2) is 39.2 Å². The van der Waals surface area contributed by atoms with Gasteiger partial charge in [-0.3, -0.25) is 9.48 Å². The normalized spacial score (nSPS) is 14.4. The Morgan fingerprint density at radius 3 is 2.83 bits per heavy atom. The Labute approximate surface area is 112 Å². The van der Waals surface area contributed by atoms with E-state index in [2.05, 4.69) is 10.4 Å². The Morgan fingerprint density at radius 1 is 1.67 bits per heavy atom. The van der Waals surface area contributed by atoms with Crippen molar-refractivity contribution in [2.24, 2.45) is 7.05 Å². The summed E-state index contributed by atoms with van der Waals surface area (Å²) in [6.45, 7) is 1.90. The van der Waals surface area contributed by atoms with Gasteiger partial charge in [0, 0.05) is 18.1 Å². The van der Waals surface area contributed by atoms with Crippen LogP contribution in [0.1, 0.15) is 26.2 Å². The minimum Gasteiger partial charge on any atom is -0.480 e. The van der Waals surface area contributed by atoms with Crippen LogP contribution in [0.15, 0.2) is 17.3 Å². The lowest BCUT2D eigenvalue weighted by atomic mass is 9.91. The van der Waals surface area contributed by atoms with E-state index in [0.717, 1.165) is 17.1 Å². The first-order valence-corrected chi connectivity index (χ1v) is 7.06. The molecule has 0 spiro atoms. The molecule has 6 heteroatoms. The largest absolute Gasteiger partial charge is 0.480 e. The first kappa shape index (κ1) is 15.0. The molecule has 0 aliphatic rings. The SMILES string of the molecule is CCC(CCCSc1cnn(C)c1)(NC)C(=O)O. The van der Waals surface area contributed by atoms with E-state index in [4.69, 9.17) is 0 Å². The van der Waals surface area contributed by atoms with Crippen molar-refractivity contribution in [3.63, 3.8) is 0 Å². The number of aliphatic carboxylic acids is 1. The van der Waals surface area contributed by atoms with Crippen LogP contribution in [-0.2, 0) is 11.8 Å². The van der Waals surface area contributed by atoms with Crippen LogP contribution in [0.4, 0.5) is 0 Å². The van der Waals surface area contributed by atoms with E-state index in [-0.39, 0.29) is 0 Å². The van der Waals surface area contributed by atoms with Gasteiger partial charge in [-0.25, -0.2) is 0 Å². The molecule has 0 aliphatic carbocycles. The monoisotopic (exact) mass is 271 g/mol.